The van der Waals surface area contributed by atoms with Crippen LogP contribution in [0.1, 0.15) is 71.6 Å². The summed E-state index contributed by atoms with van der Waals surface area (Å²) in [6.45, 7) is 1.97. The first-order valence-corrected chi connectivity index (χ1v) is 14.0. The number of nitrogens with one attached hydrogen (secondary N) is 1. The van der Waals surface area contributed by atoms with Crippen LogP contribution in [0.5, 0.6) is 11.5 Å². The minimum absolute atomic E-state index is 0.0275. The Kier molecular flexibility index (Phi) is 6.99. The van der Waals surface area contributed by atoms with E-state index < -0.39 is 23.4 Å². The van der Waals surface area contributed by atoms with Gasteiger partial charge in [-0.1, -0.05) is 6.07 Å². The van der Waals surface area contributed by atoms with E-state index >= 15 is 0 Å². The molecule has 2 amide bonds. The van der Waals surface area contributed by atoms with Crippen LogP contribution in [0.3, 0.4) is 0 Å². The molecule has 0 unspecified atom stereocenters. The SMILES string of the molecule is [2H][C@@]1(C(=O)N[C@@](C)(Cc2ccc(OC)c(OC)c2)C(=O)OC)CCCN1C(=O)CC12CC3CC(CC(C3)C1)C2. The van der Waals surface area contributed by atoms with Gasteiger partial charge in [0.15, 0.2) is 11.5 Å². The van der Waals surface area contributed by atoms with Crippen molar-refractivity contribution in [2.45, 2.75) is 82.7 Å². The van der Waals surface area contributed by atoms with E-state index in [1.54, 1.807) is 32.2 Å². The van der Waals surface area contributed by atoms with Crippen molar-refractivity contribution in [2.24, 2.45) is 23.2 Å². The van der Waals surface area contributed by atoms with Crippen molar-refractivity contribution in [3.05, 3.63) is 23.8 Å². The number of esters is 1. The molecule has 8 nitrogen and oxygen atoms in total. The van der Waals surface area contributed by atoms with Gasteiger partial charge in [-0.15, -0.1) is 0 Å². The molecule has 1 aromatic rings. The van der Waals surface area contributed by atoms with Crippen molar-refractivity contribution < 1.29 is 30.0 Å². The number of rotatable bonds is 9. The lowest BCUT2D eigenvalue weighted by Gasteiger charge is -2.57. The number of hydrogen-bond donors (Lipinski definition) is 1. The number of carbonyl (C=O) groups is 3. The Hall–Kier alpha value is -2.77. The molecule has 1 saturated heterocycles. The molecule has 1 aliphatic heterocycles. The van der Waals surface area contributed by atoms with Crippen molar-refractivity contribution in [3.8, 4) is 11.5 Å². The van der Waals surface area contributed by atoms with Crippen molar-refractivity contribution >= 4 is 17.8 Å². The van der Waals surface area contributed by atoms with E-state index in [1.807, 2.05) is 0 Å². The highest BCUT2D eigenvalue weighted by Crippen LogP contribution is 2.61. The van der Waals surface area contributed by atoms with E-state index in [0.29, 0.717) is 30.9 Å². The first kappa shape index (κ1) is 25.5. The summed E-state index contributed by atoms with van der Waals surface area (Å²) in [4.78, 5) is 41.9. The number of carbonyl (C=O) groups excluding carboxylic acids is 3. The van der Waals surface area contributed by atoms with Crippen LogP contribution in [-0.4, -0.2) is 62.1 Å². The van der Waals surface area contributed by atoms with E-state index in [1.165, 1.54) is 38.4 Å². The summed E-state index contributed by atoms with van der Waals surface area (Å²) in [5.41, 5.74) is -0.697. The summed E-state index contributed by atoms with van der Waals surface area (Å²) in [5, 5.41) is 2.82. The Balaban J connectivity index is 1.32. The second kappa shape index (κ2) is 10.4. The monoisotopic (exact) mass is 527 g/mol. The molecule has 38 heavy (non-hydrogen) atoms. The van der Waals surface area contributed by atoms with Gasteiger partial charge in [0.25, 0.3) is 0 Å². The maximum Gasteiger partial charge on any atom is 0.331 e. The topological polar surface area (TPSA) is 94.2 Å². The van der Waals surface area contributed by atoms with Gasteiger partial charge in [0, 0.05) is 19.4 Å². The van der Waals surface area contributed by atoms with Crippen LogP contribution in [0.25, 0.3) is 0 Å². The second-order valence-electron chi connectivity index (χ2n) is 12.3. The van der Waals surface area contributed by atoms with Crippen LogP contribution < -0.4 is 14.8 Å². The number of nitrogens with zero attached hydrogens (tertiary/aromatic N) is 1. The second-order valence-corrected chi connectivity index (χ2v) is 12.3. The summed E-state index contributed by atoms with van der Waals surface area (Å²) in [6, 6.07) is 3.52. The Morgan fingerprint density at radius 3 is 2.26 bits per heavy atom. The van der Waals surface area contributed by atoms with Crippen LogP contribution in [0.4, 0.5) is 0 Å². The molecule has 2 atom stereocenters. The number of benzene rings is 1. The minimum atomic E-state index is -1.76. The molecule has 0 aromatic heterocycles. The molecule has 1 N–H and O–H groups in total. The molecule has 1 heterocycles. The third-order valence-corrected chi connectivity index (χ3v) is 9.41. The number of ether oxygens (including phenoxy) is 3. The lowest BCUT2D eigenvalue weighted by atomic mass is 9.49. The van der Waals surface area contributed by atoms with E-state index in [4.69, 9.17) is 14.2 Å². The van der Waals surface area contributed by atoms with Crippen LogP contribution in [-0.2, 0) is 25.5 Å². The van der Waals surface area contributed by atoms with Gasteiger partial charge < -0.3 is 24.4 Å². The van der Waals surface area contributed by atoms with Crippen LogP contribution in [0, 0.1) is 23.2 Å². The molecule has 1 aromatic carbocycles. The Bertz CT molecular complexity index is 1110. The summed E-state index contributed by atoms with van der Waals surface area (Å²) in [6.07, 6.45) is 8.54. The van der Waals surface area contributed by atoms with E-state index in [-0.39, 0.29) is 24.2 Å². The summed E-state index contributed by atoms with van der Waals surface area (Å²) < 4.78 is 25.0. The van der Waals surface area contributed by atoms with E-state index in [0.717, 1.165) is 42.6 Å². The molecule has 4 aliphatic carbocycles. The number of amides is 2. The molecular formula is C30H42N2O6. The fourth-order valence-electron chi connectivity index (χ4n) is 8.22. The van der Waals surface area contributed by atoms with Crippen LogP contribution in [0.2, 0.25) is 0 Å². The van der Waals surface area contributed by atoms with E-state index in [9.17, 15) is 15.8 Å². The van der Waals surface area contributed by atoms with Crippen molar-refractivity contribution in [1.29, 1.82) is 0 Å². The zero-order chi connectivity index (χ0) is 28.0. The lowest BCUT2D eigenvalue weighted by molar-refractivity contribution is -0.151. The highest BCUT2D eigenvalue weighted by Gasteiger charge is 2.52. The third-order valence-electron chi connectivity index (χ3n) is 9.41. The van der Waals surface area contributed by atoms with Crippen LogP contribution in [0.15, 0.2) is 18.2 Å². The molecule has 6 rings (SSSR count). The summed E-state index contributed by atoms with van der Waals surface area (Å²) in [7, 11) is 4.35. The Morgan fingerprint density at radius 1 is 1.05 bits per heavy atom. The van der Waals surface area contributed by atoms with Gasteiger partial charge in [0.05, 0.1) is 22.7 Å². The van der Waals surface area contributed by atoms with Gasteiger partial charge in [0.2, 0.25) is 11.8 Å². The zero-order valence-electron chi connectivity index (χ0n) is 24.1. The number of likely N-dealkylation sites (tertiary alicyclic amines) is 1. The molecule has 5 aliphatic rings. The Morgan fingerprint density at radius 2 is 1.68 bits per heavy atom. The molecule has 208 valence electrons. The lowest BCUT2D eigenvalue weighted by Crippen LogP contribution is -2.59. The quantitative estimate of drug-likeness (QED) is 0.490. The fraction of sp³-hybridized carbons (Fsp3) is 0.700. The highest BCUT2D eigenvalue weighted by atomic mass is 16.5. The van der Waals surface area contributed by atoms with Gasteiger partial charge in [0.1, 0.15) is 11.6 Å². The minimum Gasteiger partial charge on any atom is -0.493 e. The third kappa shape index (κ3) is 5.10. The first-order chi connectivity index (χ1) is 18.5. The number of hydrogen-bond acceptors (Lipinski definition) is 6. The molecule has 4 saturated carbocycles. The predicted octanol–water partition coefficient (Wildman–Crippen LogP) is 3.89. The molecule has 5 fully saturated rings. The van der Waals surface area contributed by atoms with E-state index in [2.05, 4.69) is 5.32 Å². The summed E-state index contributed by atoms with van der Waals surface area (Å²) >= 11 is 0. The van der Waals surface area contributed by atoms with Gasteiger partial charge >= 0.3 is 5.97 Å². The molecule has 8 heteroatoms. The average Bonchev–Trinajstić information content (AvgIpc) is 3.30. The van der Waals surface area contributed by atoms with Crippen LogP contribution >= 0.6 is 0 Å². The van der Waals surface area contributed by atoms with Crippen molar-refractivity contribution in [1.82, 2.24) is 10.2 Å². The number of methoxy groups -OCH3 is 3. The zero-order valence-corrected chi connectivity index (χ0v) is 23.1. The standard InChI is InChI=1S/C30H42N2O6/c1-29(28(35)38-4,14-19-7-8-24(36-2)25(13-19)37-3)31-27(34)23-6-5-9-32(23)26(33)18-30-15-20-10-21(16-30)12-22(11-20)17-30/h7-8,13,20-23H,5-6,9-12,14-18H2,1-4H3,(H,31,34)/t20?,21?,22?,23-,29-,30?/m0/s1/i23D. The predicted molar refractivity (Wildman–Crippen MR) is 142 cm³/mol. The maximum absolute atomic E-state index is 13.8. The van der Waals surface area contributed by atoms with Crippen molar-refractivity contribution in [2.75, 3.05) is 27.9 Å². The largest absolute Gasteiger partial charge is 0.493 e. The highest BCUT2D eigenvalue weighted by molar-refractivity contribution is 5.93. The molecule has 0 radical (unpaired) electrons. The average molecular weight is 528 g/mol. The van der Waals surface area contributed by atoms with Crippen molar-refractivity contribution in [3.63, 3.8) is 0 Å². The fourth-order valence-corrected chi connectivity index (χ4v) is 8.22. The maximum atomic E-state index is 13.8. The molecular weight excluding hydrogens is 484 g/mol. The first-order valence-electron chi connectivity index (χ1n) is 14.5. The summed E-state index contributed by atoms with van der Waals surface area (Å²) in [5.74, 6) is 1.86. The smallest absolute Gasteiger partial charge is 0.331 e. The molecule has 4 bridgehead atoms. The van der Waals surface area contributed by atoms with Gasteiger partial charge in [-0.05, 0) is 99.2 Å². The Labute approximate surface area is 227 Å². The van der Waals surface area contributed by atoms with Gasteiger partial charge in [-0.25, -0.2) is 4.79 Å². The van der Waals surface area contributed by atoms with Gasteiger partial charge in [-0.3, -0.25) is 9.59 Å². The van der Waals surface area contributed by atoms with Gasteiger partial charge in [-0.2, -0.15) is 0 Å². The molecule has 0 spiro atoms. The normalized spacial score (nSPS) is 33.3.